The molecule has 5 nitrogen and oxygen atoms in total. The first-order valence-corrected chi connectivity index (χ1v) is 5.92. The van der Waals surface area contributed by atoms with Gasteiger partial charge in [0.1, 0.15) is 5.76 Å². The lowest BCUT2D eigenvalue weighted by Gasteiger charge is -2.12. The summed E-state index contributed by atoms with van der Waals surface area (Å²) in [6, 6.07) is 0.950. The summed E-state index contributed by atoms with van der Waals surface area (Å²) in [5.74, 6) is -0.936. The molecule has 1 aromatic heterocycles. The number of rotatable bonds is 4. The Kier molecular flexibility index (Phi) is 4.55. The zero-order valence-electron chi connectivity index (χ0n) is 8.29. The Hall–Kier alpha value is -0.820. The van der Waals surface area contributed by atoms with Crippen LogP contribution in [-0.4, -0.2) is 17.0 Å². The summed E-state index contributed by atoms with van der Waals surface area (Å²) in [6.45, 7) is 1.32. The quantitative estimate of drug-likeness (QED) is 0.870. The maximum absolute atomic E-state index is 10.9. The number of carboxylic acid groups (broad SMARTS) is 1. The summed E-state index contributed by atoms with van der Waals surface area (Å²) in [4.78, 5) is 21.6. The van der Waals surface area contributed by atoms with Gasteiger partial charge in [0.25, 0.3) is 0 Å². The number of hydrogen-bond acceptors (Lipinski definition) is 3. The molecule has 16 heavy (non-hydrogen) atoms. The zero-order valence-corrected chi connectivity index (χ0v) is 11.5. The van der Waals surface area contributed by atoms with E-state index >= 15 is 0 Å². The standard InChI is InChI=1S/C9H9Br2NO4/c1-4(13)12-6(3-8(14)15)7-2-5(10)9(11)16-7/h2,6H,3H2,1H3,(H,12,13)(H,14,15)/t6-/m0/s1. The Balaban J connectivity index is 2.90. The highest BCUT2D eigenvalue weighted by atomic mass is 79.9. The van der Waals surface area contributed by atoms with E-state index in [9.17, 15) is 9.59 Å². The topological polar surface area (TPSA) is 79.5 Å². The Bertz CT molecular complexity index is 380. The molecule has 0 aliphatic carbocycles. The number of furan rings is 1. The minimum absolute atomic E-state index is 0.230. The van der Waals surface area contributed by atoms with Gasteiger partial charge < -0.3 is 14.8 Å². The van der Waals surface area contributed by atoms with Crippen LogP contribution in [0.4, 0.5) is 0 Å². The van der Waals surface area contributed by atoms with Crippen molar-refractivity contribution >= 4 is 43.7 Å². The van der Waals surface area contributed by atoms with E-state index in [0.29, 0.717) is 14.9 Å². The SMILES string of the molecule is CC(=O)N[C@@H](CC(=O)O)c1cc(Br)c(Br)o1. The van der Waals surface area contributed by atoms with Crippen molar-refractivity contribution in [3.63, 3.8) is 0 Å². The summed E-state index contributed by atoms with van der Waals surface area (Å²) in [5, 5.41) is 11.2. The molecular weight excluding hydrogens is 346 g/mol. The monoisotopic (exact) mass is 353 g/mol. The molecule has 0 aromatic carbocycles. The molecule has 0 saturated carbocycles. The highest BCUT2D eigenvalue weighted by molar-refractivity contribution is 9.13. The van der Waals surface area contributed by atoms with Crippen molar-refractivity contribution in [1.29, 1.82) is 0 Å². The van der Waals surface area contributed by atoms with Crippen molar-refractivity contribution in [2.24, 2.45) is 0 Å². The number of carbonyl (C=O) groups excluding carboxylic acids is 1. The van der Waals surface area contributed by atoms with Gasteiger partial charge in [-0.2, -0.15) is 0 Å². The summed E-state index contributed by atoms with van der Waals surface area (Å²) >= 11 is 6.36. The van der Waals surface area contributed by atoms with Gasteiger partial charge >= 0.3 is 5.97 Å². The molecule has 0 radical (unpaired) electrons. The molecule has 0 aliphatic heterocycles. The minimum Gasteiger partial charge on any atom is -0.481 e. The van der Waals surface area contributed by atoms with Crippen LogP contribution in [0.1, 0.15) is 25.1 Å². The van der Waals surface area contributed by atoms with Crippen LogP contribution in [0.25, 0.3) is 0 Å². The third kappa shape index (κ3) is 3.64. The van der Waals surface area contributed by atoms with Crippen LogP contribution in [0.5, 0.6) is 0 Å². The fourth-order valence-electron chi connectivity index (χ4n) is 1.18. The number of nitrogens with one attached hydrogen (secondary N) is 1. The van der Waals surface area contributed by atoms with Gasteiger partial charge in [-0.3, -0.25) is 9.59 Å². The van der Waals surface area contributed by atoms with Crippen molar-refractivity contribution in [3.8, 4) is 0 Å². The van der Waals surface area contributed by atoms with E-state index in [4.69, 9.17) is 9.52 Å². The van der Waals surface area contributed by atoms with Crippen molar-refractivity contribution in [2.75, 3.05) is 0 Å². The van der Waals surface area contributed by atoms with Gasteiger partial charge in [-0.15, -0.1) is 0 Å². The van der Waals surface area contributed by atoms with Crippen LogP contribution in [0.2, 0.25) is 0 Å². The second kappa shape index (κ2) is 5.49. The third-order valence-corrected chi connectivity index (χ3v) is 3.47. The fraction of sp³-hybridized carbons (Fsp3) is 0.333. The van der Waals surface area contributed by atoms with Crippen LogP contribution >= 0.6 is 31.9 Å². The Labute approximate surface area is 108 Å². The highest BCUT2D eigenvalue weighted by Crippen LogP contribution is 2.31. The van der Waals surface area contributed by atoms with Crippen molar-refractivity contribution in [2.45, 2.75) is 19.4 Å². The number of halogens is 2. The van der Waals surface area contributed by atoms with Crippen LogP contribution in [-0.2, 0) is 9.59 Å². The largest absolute Gasteiger partial charge is 0.481 e. The summed E-state index contributed by atoms with van der Waals surface area (Å²) < 4.78 is 6.40. The Morgan fingerprint density at radius 2 is 2.19 bits per heavy atom. The lowest BCUT2D eigenvalue weighted by atomic mass is 10.1. The van der Waals surface area contributed by atoms with Gasteiger partial charge in [0.15, 0.2) is 4.67 Å². The summed E-state index contributed by atoms with van der Waals surface area (Å²) in [6.07, 6.45) is -0.230. The average molecular weight is 355 g/mol. The molecule has 0 unspecified atom stereocenters. The summed E-state index contributed by atoms with van der Waals surface area (Å²) in [7, 11) is 0. The van der Waals surface area contributed by atoms with E-state index in [1.54, 1.807) is 6.07 Å². The van der Waals surface area contributed by atoms with Crippen molar-refractivity contribution in [1.82, 2.24) is 5.32 Å². The van der Waals surface area contributed by atoms with E-state index in [1.165, 1.54) is 6.92 Å². The van der Waals surface area contributed by atoms with E-state index in [-0.39, 0.29) is 12.3 Å². The van der Waals surface area contributed by atoms with E-state index < -0.39 is 12.0 Å². The van der Waals surface area contributed by atoms with Crippen LogP contribution in [0.15, 0.2) is 19.6 Å². The van der Waals surface area contributed by atoms with Gasteiger partial charge in [0, 0.05) is 6.92 Å². The molecular formula is C9H9Br2NO4. The third-order valence-electron chi connectivity index (χ3n) is 1.76. The maximum atomic E-state index is 10.9. The molecule has 0 aliphatic rings. The first kappa shape index (κ1) is 13.2. The number of carboxylic acids is 1. The lowest BCUT2D eigenvalue weighted by Crippen LogP contribution is -2.27. The van der Waals surface area contributed by atoms with Crippen LogP contribution in [0.3, 0.4) is 0 Å². The molecule has 2 N–H and O–H groups in total. The Morgan fingerprint density at radius 1 is 1.56 bits per heavy atom. The van der Waals surface area contributed by atoms with Gasteiger partial charge in [-0.1, -0.05) is 0 Å². The smallest absolute Gasteiger partial charge is 0.305 e. The molecule has 1 atom stereocenters. The molecule has 0 fully saturated rings. The van der Waals surface area contributed by atoms with Gasteiger partial charge in [0.05, 0.1) is 16.9 Å². The fourth-order valence-corrected chi connectivity index (χ4v) is 1.79. The van der Waals surface area contributed by atoms with Crippen LogP contribution in [0, 0.1) is 0 Å². The molecule has 7 heteroatoms. The van der Waals surface area contributed by atoms with Gasteiger partial charge in [-0.05, 0) is 37.9 Å². The lowest BCUT2D eigenvalue weighted by molar-refractivity contribution is -0.137. The van der Waals surface area contributed by atoms with Crippen molar-refractivity contribution < 1.29 is 19.1 Å². The number of hydrogen-bond donors (Lipinski definition) is 2. The molecule has 1 amide bonds. The minimum atomic E-state index is -1.01. The number of amides is 1. The van der Waals surface area contributed by atoms with Gasteiger partial charge in [-0.25, -0.2) is 0 Å². The number of carbonyl (C=O) groups is 2. The first-order chi connectivity index (χ1) is 7.40. The Morgan fingerprint density at radius 3 is 2.56 bits per heavy atom. The molecule has 0 spiro atoms. The van der Waals surface area contributed by atoms with E-state index in [2.05, 4.69) is 37.2 Å². The van der Waals surface area contributed by atoms with E-state index in [0.717, 1.165) is 0 Å². The summed E-state index contributed by atoms with van der Waals surface area (Å²) in [5.41, 5.74) is 0. The van der Waals surface area contributed by atoms with Crippen LogP contribution < -0.4 is 5.32 Å². The molecule has 1 heterocycles. The molecule has 88 valence electrons. The zero-order chi connectivity index (χ0) is 12.3. The van der Waals surface area contributed by atoms with Crippen molar-refractivity contribution in [3.05, 3.63) is 21.0 Å². The predicted octanol–water partition coefficient (Wildman–Crippen LogP) is 2.46. The first-order valence-electron chi connectivity index (χ1n) is 4.33. The normalized spacial score (nSPS) is 12.2. The highest BCUT2D eigenvalue weighted by Gasteiger charge is 2.21. The molecule has 0 bridgehead atoms. The number of aliphatic carboxylic acids is 1. The molecule has 1 aromatic rings. The maximum Gasteiger partial charge on any atom is 0.305 e. The average Bonchev–Trinajstić information content (AvgIpc) is 2.44. The second-order valence-corrected chi connectivity index (χ2v) is 4.70. The second-order valence-electron chi connectivity index (χ2n) is 3.12. The molecule has 0 saturated heterocycles. The van der Waals surface area contributed by atoms with E-state index in [1.807, 2.05) is 0 Å². The van der Waals surface area contributed by atoms with Gasteiger partial charge in [0.2, 0.25) is 5.91 Å². The predicted molar refractivity (Wildman–Crippen MR) is 62.9 cm³/mol. The molecule has 1 rings (SSSR count).